The molecule has 2 unspecified atom stereocenters. The van der Waals surface area contributed by atoms with E-state index in [1.807, 2.05) is 6.07 Å². The molecule has 1 aliphatic rings. The van der Waals surface area contributed by atoms with Gasteiger partial charge in [-0.3, -0.25) is 4.79 Å². The number of thioether (sulfide) groups is 1. The van der Waals surface area contributed by atoms with Crippen LogP contribution in [0, 0.1) is 11.8 Å². The van der Waals surface area contributed by atoms with Crippen LogP contribution in [0.15, 0.2) is 23.1 Å². The second kappa shape index (κ2) is 8.28. The standard InChI is InChI=1S/C15H19Cl2NO2S/c16-11-4-5-13(17)14(8-11)21-7-6-18-9-10-2-1-3-12(10)15(19)20/h4-5,8,10,12,18H,1-3,6-7,9H2,(H,19,20). The molecule has 0 radical (unpaired) electrons. The normalized spacial score (nSPS) is 21.6. The van der Waals surface area contributed by atoms with Crippen LogP contribution >= 0.6 is 35.0 Å². The Bertz CT molecular complexity index is 499. The van der Waals surface area contributed by atoms with E-state index in [1.54, 1.807) is 23.9 Å². The smallest absolute Gasteiger partial charge is 0.306 e. The van der Waals surface area contributed by atoms with Gasteiger partial charge in [-0.1, -0.05) is 29.6 Å². The molecule has 0 spiro atoms. The van der Waals surface area contributed by atoms with E-state index in [0.717, 1.165) is 43.0 Å². The van der Waals surface area contributed by atoms with Gasteiger partial charge in [0, 0.05) is 22.2 Å². The summed E-state index contributed by atoms with van der Waals surface area (Å²) in [5.41, 5.74) is 0. The molecule has 1 fully saturated rings. The number of carboxylic acid groups (broad SMARTS) is 1. The van der Waals surface area contributed by atoms with Crippen LogP contribution in [0.1, 0.15) is 19.3 Å². The molecule has 0 saturated heterocycles. The van der Waals surface area contributed by atoms with Crippen molar-refractivity contribution in [3.63, 3.8) is 0 Å². The Labute approximate surface area is 139 Å². The predicted octanol–water partition coefficient (Wildman–Crippen LogP) is 4.18. The van der Waals surface area contributed by atoms with Gasteiger partial charge in [-0.25, -0.2) is 0 Å². The molecule has 2 N–H and O–H groups in total. The van der Waals surface area contributed by atoms with Gasteiger partial charge < -0.3 is 10.4 Å². The molecule has 1 aromatic carbocycles. The van der Waals surface area contributed by atoms with Crippen LogP contribution in [0.2, 0.25) is 10.0 Å². The first-order chi connectivity index (χ1) is 10.1. The summed E-state index contributed by atoms with van der Waals surface area (Å²) in [5.74, 6) is 0.319. The second-order valence-corrected chi connectivity index (χ2v) is 7.24. The van der Waals surface area contributed by atoms with Gasteiger partial charge in [-0.05, 0) is 43.5 Å². The highest BCUT2D eigenvalue weighted by Crippen LogP contribution is 2.32. The maximum atomic E-state index is 11.1. The summed E-state index contributed by atoms with van der Waals surface area (Å²) in [7, 11) is 0. The summed E-state index contributed by atoms with van der Waals surface area (Å²) >= 11 is 13.7. The zero-order chi connectivity index (χ0) is 15.2. The van der Waals surface area contributed by atoms with E-state index in [9.17, 15) is 4.79 Å². The summed E-state index contributed by atoms with van der Waals surface area (Å²) in [6, 6.07) is 5.44. The van der Waals surface area contributed by atoms with Crippen molar-refractivity contribution in [1.82, 2.24) is 5.32 Å². The van der Waals surface area contributed by atoms with E-state index in [0.29, 0.717) is 10.0 Å². The Hall–Kier alpha value is -0.420. The minimum atomic E-state index is -0.653. The Kier molecular flexibility index (Phi) is 6.68. The first-order valence-electron chi connectivity index (χ1n) is 7.09. The van der Waals surface area contributed by atoms with Crippen molar-refractivity contribution in [3.8, 4) is 0 Å². The zero-order valence-corrected chi connectivity index (χ0v) is 14.0. The Balaban J connectivity index is 1.68. The van der Waals surface area contributed by atoms with Crippen molar-refractivity contribution in [3.05, 3.63) is 28.2 Å². The van der Waals surface area contributed by atoms with Gasteiger partial charge in [-0.2, -0.15) is 0 Å². The molecule has 2 rings (SSSR count). The molecule has 21 heavy (non-hydrogen) atoms. The van der Waals surface area contributed by atoms with Crippen molar-refractivity contribution in [2.24, 2.45) is 11.8 Å². The van der Waals surface area contributed by atoms with Gasteiger partial charge in [0.1, 0.15) is 0 Å². The maximum Gasteiger partial charge on any atom is 0.306 e. The van der Waals surface area contributed by atoms with E-state index >= 15 is 0 Å². The van der Waals surface area contributed by atoms with E-state index in [-0.39, 0.29) is 11.8 Å². The van der Waals surface area contributed by atoms with Crippen molar-refractivity contribution >= 4 is 40.9 Å². The molecule has 6 heteroatoms. The van der Waals surface area contributed by atoms with Crippen molar-refractivity contribution in [2.45, 2.75) is 24.2 Å². The number of benzene rings is 1. The average Bonchev–Trinajstić information content (AvgIpc) is 2.91. The van der Waals surface area contributed by atoms with Crippen LogP contribution in [-0.2, 0) is 4.79 Å². The molecule has 0 aliphatic heterocycles. The van der Waals surface area contributed by atoms with Crippen molar-refractivity contribution in [2.75, 3.05) is 18.8 Å². The molecule has 1 aliphatic carbocycles. The van der Waals surface area contributed by atoms with Gasteiger partial charge in [0.25, 0.3) is 0 Å². The fourth-order valence-corrected chi connectivity index (χ4v) is 4.12. The largest absolute Gasteiger partial charge is 0.481 e. The summed E-state index contributed by atoms with van der Waals surface area (Å²) < 4.78 is 0. The van der Waals surface area contributed by atoms with Crippen LogP contribution < -0.4 is 5.32 Å². The zero-order valence-electron chi connectivity index (χ0n) is 11.6. The van der Waals surface area contributed by atoms with E-state index in [2.05, 4.69) is 5.32 Å². The highest BCUT2D eigenvalue weighted by atomic mass is 35.5. The first kappa shape index (κ1) is 16.9. The van der Waals surface area contributed by atoms with E-state index in [1.165, 1.54) is 0 Å². The summed E-state index contributed by atoms with van der Waals surface area (Å²) in [4.78, 5) is 12.1. The Morgan fingerprint density at radius 1 is 1.38 bits per heavy atom. The topological polar surface area (TPSA) is 49.3 Å². The lowest BCUT2D eigenvalue weighted by atomic mass is 9.96. The molecule has 116 valence electrons. The highest BCUT2D eigenvalue weighted by Gasteiger charge is 2.32. The van der Waals surface area contributed by atoms with Crippen molar-refractivity contribution < 1.29 is 9.90 Å². The number of carbonyl (C=O) groups is 1. The van der Waals surface area contributed by atoms with Gasteiger partial charge in [-0.15, -0.1) is 11.8 Å². The lowest BCUT2D eigenvalue weighted by Crippen LogP contribution is -2.30. The first-order valence-corrected chi connectivity index (χ1v) is 8.83. The minimum Gasteiger partial charge on any atom is -0.481 e. The molecule has 1 aromatic rings. The molecule has 0 bridgehead atoms. The van der Waals surface area contributed by atoms with Gasteiger partial charge >= 0.3 is 5.97 Å². The van der Waals surface area contributed by atoms with Gasteiger partial charge in [0.2, 0.25) is 0 Å². The van der Waals surface area contributed by atoms with Crippen molar-refractivity contribution in [1.29, 1.82) is 0 Å². The SMILES string of the molecule is O=C(O)C1CCCC1CNCCSc1cc(Cl)ccc1Cl. The number of hydrogen-bond donors (Lipinski definition) is 2. The summed E-state index contributed by atoms with van der Waals surface area (Å²) in [6.45, 7) is 1.61. The molecule has 0 heterocycles. The number of nitrogens with one attached hydrogen (secondary N) is 1. The number of hydrogen-bond acceptors (Lipinski definition) is 3. The van der Waals surface area contributed by atoms with Crippen LogP contribution in [0.25, 0.3) is 0 Å². The highest BCUT2D eigenvalue weighted by molar-refractivity contribution is 7.99. The number of rotatable bonds is 7. The third-order valence-electron chi connectivity index (χ3n) is 3.81. The van der Waals surface area contributed by atoms with Crippen LogP contribution in [-0.4, -0.2) is 29.9 Å². The fourth-order valence-electron chi connectivity index (χ4n) is 2.71. The average molecular weight is 348 g/mol. The van der Waals surface area contributed by atoms with E-state index < -0.39 is 5.97 Å². The molecule has 2 atom stereocenters. The summed E-state index contributed by atoms with van der Waals surface area (Å²) in [6.07, 6.45) is 2.85. The minimum absolute atomic E-state index is 0.174. The number of carboxylic acids is 1. The second-order valence-electron chi connectivity index (χ2n) is 5.26. The maximum absolute atomic E-state index is 11.1. The van der Waals surface area contributed by atoms with Crippen LogP contribution in [0.3, 0.4) is 0 Å². The lowest BCUT2D eigenvalue weighted by molar-refractivity contribution is -0.142. The molecule has 3 nitrogen and oxygen atoms in total. The monoisotopic (exact) mass is 347 g/mol. The van der Waals surface area contributed by atoms with E-state index in [4.69, 9.17) is 28.3 Å². The molecule has 1 saturated carbocycles. The third kappa shape index (κ3) is 5.06. The predicted molar refractivity (Wildman–Crippen MR) is 88.5 cm³/mol. The molecule has 0 aromatic heterocycles. The Morgan fingerprint density at radius 3 is 2.95 bits per heavy atom. The molecule has 0 amide bonds. The van der Waals surface area contributed by atoms with Crippen LogP contribution in [0.4, 0.5) is 0 Å². The third-order valence-corrected chi connectivity index (χ3v) is 5.55. The quantitative estimate of drug-likeness (QED) is 0.573. The molecular weight excluding hydrogens is 329 g/mol. The number of halogens is 2. The van der Waals surface area contributed by atoms with Gasteiger partial charge in [0.15, 0.2) is 0 Å². The van der Waals surface area contributed by atoms with Crippen LogP contribution in [0.5, 0.6) is 0 Å². The Morgan fingerprint density at radius 2 is 2.19 bits per heavy atom. The van der Waals surface area contributed by atoms with Gasteiger partial charge in [0.05, 0.1) is 10.9 Å². The fraction of sp³-hybridized carbons (Fsp3) is 0.533. The number of aliphatic carboxylic acids is 1. The summed E-state index contributed by atoms with van der Waals surface area (Å²) in [5, 5.41) is 13.9. The molecular formula is C15H19Cl2NO2S. The lowest BCUT2D eigenvalue weighted by Gasteiger charge is -2.16.